The van der Waals surface area contributed by atoms with Crippen molar-refractivity contribution in [1.29, 1.82) is 5.26 Å². The Bertz CT molecular complexity index is 472. The Hall–Kier alpha value is -2.13. The summed E-state index contributed by atoms with van der Waals surface area (Å²) < 4.78 is 0. The highest BCUT2D eigenvalue weighted by Gasteiger charge is 2.18. The number of hydrogen-bond donors (Lipinski definition) is 1. The van der Waals surface area contributed by atoms with E-state index in [-0.39, 0.29) is 5.69 Å². The van der Waals surface area contributed by atoms with Crippen LogP contribution in [0.4, 0.5) is 11.4 Å². The first-order valence-corrected chi connectivity index (χ1v) is 6.29. The summed E-state index contributed by atoms with van der Waals surface area (Å²) in [5.41, 5.74) is 1.01. The van der Waals surface area contributed by atoms with Gasteiger partial charge in [0.1, 0.15) is 0 Å². The first kappa shape index (κ1) is 13.3. The molecule has 0 unspecified atom stereocenters. The van der Waals surface area contributed by atoms with Gasteiger partial charge in [-0.25, -0.2) is 0 Å². The average Bonchev–Trinajstić information content (AvgIpc) is 2.42. The van der Waals surface area contributed by atoms with E-state index < -0.39 is 4.92 Å². The SMILES string of the molecule is N#CCN1CCC(Nc2ccc([N+](=O)[O-])cc2)CC1. The van der Waals surface area contributed by atoms with Crippen molar-refractivity contribution in [2.24, 2.45) is 0 Å². The number of non-ortho nitro benzene ring substituents is 1. The molecule has 19 heavy (non-hydrogen) atoms. The van der Waals surface area contributed by atoms with Crippen molar-refractivity contribution >= 4 is 11.4 Å². The second-order valence-corrected chi connectivity index (χ2v) is 4.66. The zero-order valence-corrected chi connectivity index (χ0v) is 10.6. The van der Waals surface area contributed by atoms with E-state index in [0.29, 0.717) is 12.6 Å². The number of nitro benzene ring substituents is 1. The minimum Gasteiger partial charge on any atom is -0.382 e. The van der Waals surface area contributed by atoms with Gasteiger partial charge in [-0.2, -0.15) is 5.26 Å². The van der Waals surface area contributed by atoms with Crippen LogP contribution < -0.4 is 5.32 Å². The third-order valence-corrected chi connectivity index (χ3v) is 3.33. The third kappa shape index (κ3) is 3.66. The molecule has 1 fully saturated rings. The molecule has 6 nitrogen and oxygen atoms in total. The highest BCUT2D eigenvalue weighted by atomic mass is 16.6. The maximum Gasteiger partial charge on any atom is 0.269 e. The zero-order valence-electron chi connectivity index (χ0n) is 10.6. The molecule has 0 aliphatic carbocycles. The zero-order chi connectivity index (χ0) is 13.7. The van der Waals surface area contributed by atoms with Crippen LogP contribution in [0.1, 0.15) is 12.8 Å². The predicted octanol–water partition coefficient (Wildman–Crippen LogP) is 1.99. The summed E-state index contributed by atoms with van der Waals surface area (Å²) in [4.78, 5) is 12.3. The molecule has 6 heteroatoms. The van der Waals surface area contributed by atoms with Gasteiger partial charge in [0.25, 0.3) is 5.69 Å². The molecule has 100 valence electrons. The lowest BCUT2D eigenvalue weighted by Gasteiger charge is -2.31. The molecule has 0 amide bonds. The number of nitrogens with zero attached hydrogens (tertiary/aromatic N) is 3. The summed E-state index contributed by atoms with van der Waals surface area (Å²) in [5.74, 6) is 0. The fraction of sp³-hybridized carbons (Fsp3) is 0.462. The van der Waals surface area contributed by atoms with Crippen molar-refractivity contribution in [3.63, 3.8) is 0 Å². The van der Waals surface area contributed by atoms with Crippen LogP contribution >= 0.6 is 0 Å². The van der Waals surface area contributed by atoms with Crippen molar-refractivity contribution in [2.75, 3.05) is 25.0 Å². The maximum absolute atomic E-state index is 10.6. The van der Waals surface area contributed by atoms with Gasteiger partial charge in [0, 0.05) is 37.0 Å². The number of anilines is 1. The molecule has 1 aliphatic rings. The highest BCUT2D eigenvalue weighted by molar-refractivity contribution is 5.49. The first-order valence-electron chi connectivity index (χ1n) is 6.29. The number of piperidine rings is 1. The van der Waals surface area contributed by atoms with Gasteiger partial charge in [-0.15, -0.1) is 0 Å². The highest BCUT2D eigenvalue weighted by Crippen LogP contribution is 2.19. The van der Waals surface area contributed by atoms with E-state index in [4.69, 9.17) is 5.26 Å². The van der Waals surface area contributed by atoms with Gasteiger partial charge in [-0.05, 0) is 25.0 Å². The molecule has 1 saturated heterocycles. The van der Waals surface area contributed by atoms with Crippen molar-refractivity contribution in [3.8, 4) is 6.07 Å². The maximum atomic E-state index is 10.6. The van der Waals surface area contributed by atoms with Crippen LogP contribution in [-0.2, 0) is 0 Å². The van der Waals surface area contributed by atoms with Crippen molar-refractivity contribution in [3.05, 3.63) is 34.4 Å². The summed E-state index contributed by atoms with van der Waals surface area (Å²) in [5, 5.41) is 22.6. The van der Waals surface area contributed by atoms with Gasteiger partial charge in [0.2, 0.25) is 0 Å². The van der Waals surface area contributed by atoms with Gasteiger partial charge in [-0.3, -0.25) is 15.0 Å². The molecular formula is C13H16N4O2. The number of hydrogen-bond acceptors (Lipinski definition) is 5. The second kappa shape index (κ2) is 6.16. The monoisotopic (exact) mass is 260 g/mol. The molecule has 1 aliphatic heterocycles. The first-order chi connectivity index (χ1) is 9.19. The molecule has 0 bridgehead atoms. The van der Waals surface area contributed by atoms with E-state index in [1.807, 2.05) is 0 Å². The lowest BCUT2D eigenvalue weighted by atomic mass is 10.0. The fourth-order valence-corrected chi connectivity index (χ4v) is 2.25. The number of nitro groups is 1. The van der Waals surface area contributed by atoms with E-state index >= 15 is 0 Å². The summed E-state index contributed by atoms with van der Waals surface area (Å²) in [7, 11) is 0. The fourth-order valence-electron chi connectivity index (χ4n) is 2.25. The molecule has 0 radical (unpaired) electrons. The molecule has 1 N–H and O–H groups in total. The summed E-state index contributed by atoms with van der Waals surface area (Å²) in [6.45, 7) is 2.32. The van der Waals surface area contributed by atoms with Crippen LogP contribution in [0.25, 0.3) is 0 Å². The van der Waals surface area contributed by atoms with Gasteiger partial charge in [0.05, 0.1) is 17.5 Å². The second-order valence-electron chi connectivity index (χ2n) is 4.66. The topological polar surface area (TPSA) is 82.2 Å². The molecule has 0 saturated carbocycles. The normalized spacial score (nSPS) is 16.8. The number of nitriles is 1. The molecule has 0 aromatic heterocycles. The summed E-state index contributed by atoms with van der Waals surface area (Å²) in [6.07, 6.45) is 1.97. The number of benzene rings is 1. The number of nitrogens with one attached hydrogen (secondary N) is 1. The number of rotatable bonds is 4. The molecule has 2 rings (SSSR count). The molecule has 0 atom stereocenters. The number of likely N-dealkylation sites (tertiary alicyclic amines) is 1. The minimum atomic E-state index is -0.399. The van der Waals surface area contributed by atoms with Crippen molar-refractivity contribution in [1.82, 2.24) is 4.90 Å². The van der Waals surface area contributed by atoms with Crippen molar-refractivity contribution < 1.29 is 4.92 Å². The van der Waals surface area contributed by atoms with Crippen LogP contribution in [0.3, 0.4) is 0 Å². The van der Waals surface area contributed by atoms with Crippen LogP contribution in [0.2, 0.25) is 0 Å². The molecule has 1 aromatic rings. The summed E-state index contributed by atoms with van der Waals surface area (Å²) >= 11 is 0. The van der Waals surface area contributed by atoms with E-state index in [2.05, 4.69) is 16.3 Å². The Morgan fingerprint density at radius 3 is 2.53 bits per heavy atom. The Labute approximate surface area is 111 Å². The van der Waals surface area contributed by atoms with Crippen molar-refractivity contribution in [2.45, 2.75) is 18.9 Å². The van der Waals surface area contributed by atoms with Crippen LogP contribution in [-0.4, -0.2) is 35.5 Å². The third-order valence-electron chi connectivity index (χ3n) is 3.33. The Balaban J connectivity index is 1.85. The van der Waals surface area contributed by atoms with E-state index in [0.717, 1.165) is 31.6 Å². The van der Waals surface area contributed by atoms with Crippen LogP contribution in [0, 0.1) is 21.4 Å². The van der Waals surface area contributed by atoms with E-state index in [9.17, 15) is 10.1 Å². The van der Waals surface area contributed by atoms with E-state index in [1.165, 1.54) is 12.1 Å². The molecular weight excluding hydrogens is 244 g/mol. The van der Waals surface area contributed by atoms with Gasteiger partial charge < -0.3 is 5.32 Å². The average molecular weight is 260 g/mol. The van der Waals surface area contributed by atoms with Gasteiger partial charge in [-0.1, -0.05) is 0 Å². The smallest absolute Gasteiger partial charge is 0.269 e. The minimum absolute atomic E-state index is 0.106. The standard InChI is InChI=1S/C13H16N4O2/c14-7-10-16-8-5-12(6-9-16)15-11-1-3-13(4-2-11)17(18)19/h1-4,12,15H,5-6,8-10H2. The largest absolute Gasteiger partial charge is 0.382 e. The lowest BCUT2D eigenvalue weighted by molar-refractivity contribution is -0.384. The Morgan fingerprint density at radius 2 is 2.00 bits per heavy atom. The molecule has 1 heterocycles. The molecule has 0 spiro atoms. The van der Waals surface area contributed by atoms with Gasteiger partial charge >= 0.3 is 0 Å². The van der Waals surface area contributed by atoms with E-state index in [1.54, 1.807) is 12.1 Å². The Morgan fingerprint density at radius 1 is 1.37 bits per heavy atom. The quantitative estimate of drug-likeness (QED) is 0.508. The van der Waals surface area contributed by atoms with Gasteiger partial charge in [0.15, 0.2) is 0 Å². The summed E-state index contributed by atoms with van der Waals surface area (Å²) in [6, 6.07) is 9.02. The van der Waals surface area contributed by atoms with Crippen LogP contribution in [0.15, 0.2) is 24.3 Å². The predicted molar refractivity (Wildman–Crippen MR) is 71.8 cm³/mol. The van der Waals surface area contributed by atoms with Crippen LogP contribution in [0.5, 0.6) is 0 Å². The Kier molecular flexibility index (Phi) is 4.31. The lowest BCUT2D eigenvalue weighted by Crippen LogP contribution is -2.39. The molecule has 1 aromatic carbocycles.